The minimum atomic E-state index is 0.146. The van der Waals surface area contributed by atoms with Crippen molar-refractivity contribution in [2.24, 2.45) is 5.92 Å². The lowest BCUT2D eigenvalue weighted by Crippen LogP contribution is -2.40. The maximum atomic E-state index is 12.4. The fourth-order valence-electron chi connectivity index (χ4n) is 3.52. The van der Waals surface area contributed by atoms with Crippen LogP contribution < -0.4 is 10.1 Å². The third-order valence-corrected chi connectivity index (χ3v) is 6.00. The number of nitrogens with zero attached hydrogens (tertiary/aromatic N) is 1. The molecular weight excluding hydrogens is 368 g/mol. The Morgan fingerprint density at radius 1 is 1.14 bits per heavy atom. The summed E-state index contributed by atoms with van der Waals surface area (Å²) < 4.78 is 5.59. The molecule has 4 nitrogen and oxygen atoms in total. The maximum Gasteiger partial charge on any atom is 0.223 e. The molecule has 0 atom stereocenters. The van der Waals surface area contributed by atoms with Crippen LogP contribution in [0.4, 0.5) is 0 Å². The van der Waals surface area contributed by atoms with Crippen molar-refractivity contribution in [3.63, 3.8) is 0 Å². The van der Waals surface area contributed by atoms with Crippen molar-refractivity contribution < 1.29 is 9.53 Å². The number of carbonyl (C=O) groups excluding carboxylic acids is 1. The summed E-state index contributed by atoms with van der Waals surface area (Å²) in [5, 5.41) is 3.11. The van der Waals surface area contributed by atoms with Gasteiger partial charge in [0.1, 0.15) is 5.75 Å². The second-order valence-electron chi connectivity index (χ2n) is 7.08. The van der Waals surface area contributed by atoms with Crippen molar-refractivity contribution in [2.45, 2.75) is 31.2 Å². The second kappa shape index (κ2) is 11.1. The molecule has 0 aromatic heterocycles. The van der Waals surface area contributed by atoms with Gasteiger partial charge in [-0.1, -0.05) is 30.3 Å². The minimum absolute atomic E-state index is 0.146. The van der Waals surface area contributed by atoms with Crippen LogP contribution in [0.5, 0.6) is 5.75 Å². The third-order valence-electron chi connectivity index (χ3n) is 4.99. The van der Waals surface area contributed by atoms with Crippen LogP contribution in [0.15, 0.2) is 59.5 Å². The Kier molecular flexibility index (Phi) is 8.24. The van der Waals surface area contributed by atoms with Gasteiger partial charge in [0.2, 0.25) is 5.91 Å². The Bertz CT molecular complexity index is 730. The lowest BCUT2D eigenvalue weighted by atomic mass is 9.95. The molecule has 0 unspecified atom stereocenters. The van der Waals surface area contributed by atoms with Gasteiger partial charge >= 0.3 is 0 Å². The molecule has 1 N–H and O–H groups in total. The Balaban J connectivity index is 1.35. The zero-order chi connectivity index (χ0) is 19.6. The predicted molar refractivity (Wildman–Crippen MR) is 116 cm³/mol. The molecule has 1 aliphatic rings. The number of hydrogen-bond acceptors (Lipinski definition) is 4. The molecule has 1 amide bonds. The van der Waals surface area contributed by atoms with Crippen LogP contribution in [0.1, 0.15) is 25.3 Å². The summed E-state index contributed by atoms with van der Waals surface area (Å²) in [4.78, 5) is 16.1. The number of thioether (sulfide) groups is 1. The van der Waals surface area contributed by atoms with Crippen molar-refractivity contribution in [3.8, 4) is 5.75 Å². The molecule has 3 rings (SSSR count). The standard InChI is InChI=1S/C23H30N2O2S/c1-2-27-21-8-6-7-19(17-21)18-25-14-11-20(12-15-25)23(26)24-13-16-28-22-9-4-3-5-10-22/h3-10,17,20H,2,11-16,18H2,1H3,(H,24,26). The van der Waals surface area contributed by atoms with E-state index >= 15 is 0 Å². The Morgan fingerprint density at radius 2 is 1.93 bits per heavy atom. The molecule has 0 spiro atoms. The van der Waals surface area contributed by atoms with E-state index in [-0.39, 0.29) is 11.8 Å². The van der Waals surface area contributed by atoms with Crippen LogP contribution in [0.2, 0.25) is 0 Å². The third kappa shape index (κ3) is 6.57. The van der Waals surface area contributed by atoms with E-state index in [1.807, 2.05) is 37.3 Å². The van der Waals surface area contributed by atoms with Crippen molar-refractivity contribution in [1.82, 2.24) is 10.2 Å². The van der Waals surface area contributed by atoms with Crippen molar-refractivity contribution >= 4 is 17.7 Å². The highest BCUT2D eigenvalue weighted by Crippen LogP contribution is 2.21. The minimum Gasteiger partial charge on any atom is -0.494 e. The molecule has 2 aromatic rings. The molecule has 1 heterocycles. The van der Waals surface area contributed by atoms with Crippen molar-refractivity contribution in [2.75, 3.05) is 32.0 Å². The van der Waals surface area contributed by atoms with Gasteiger partial charge in [0.25, 0.3) is 0 Å². The first-order valence-electron chi connectivity index (χ1n) is 10.1. The first kappa shape index (κ1) is 20.7. The average molecular weight is 399 g/mol. The van der Waals surface area contributed by atoms with Crippen LogP contribution in [-0.4, -0.2) is 42.8 Å². The lowest BCUT2D eigenvalue weighted by Gasteiger charge is -2.31. The van der Waals surface area contributed by atoms with Crippen molar-refractivity contribution in [3.05, 3.63) is 60.2 Å². The molecule has 0 aliphatic carbocycles. The van der Waals surface area contributed by atoms with Gasteiger partial charge in [0.05, 0.1) is 6.61 Å². The summed E-state index contributed by atoms with van der Waals surface area (Å²) in [6.07, 6.45) is 1.87. The molecule has 0 bridgehead atoms. The van der Waals surface area contributed by atoms with E-state index in [1.165, 1.54) is 10.5 Å². The molecule has 2 aromatic carbocycles. The number of amides is 1. The molecule has 1 saturated heterocycles. The smallest absolute Gasteiger partial charge is 0.223 e. The zero-order valence-electron chi connectivity index (χ0n) is 16.6. The van der Waals surface area contributed by atoms with Gasteiger partial charge in [0.15, 0.2) is 0 Å². The molecule has 5 heteroatoms. The normalized spacial score (nSPS) is 15.3. The largest absolute Gasteiger partial charge is 0.494 e. The Morgan fingerprint density at radius 3 is 2.68 bits per heavy atom. The monoisotopic (exact) mass is 398 g/mol. The van der Waals surface area contributed by atoms with Gasteiger partial charge in [-0.3, -0.25) is 9.69 Å². The summed E-state index contributed by atoms with van der Waals surface area (Å²) in [5.74, 6) is 2.20. The number of benzene rings is 2. The molecular formula is C23H30N2O2S. The topological polar surface area (TPSA) is 41.6 Å². The van der Waals surface area contributed by atoms with Gasteiger partial charge in [-0.25, -0.2) is 0 Å². The van der Waals surface area contributed by atoms with Crippen LogP contribution in [0.25, 0.3) is 0 Å². The second-order valence-corrected chi connectivity index (χ2v) is 8.25. The fraction of sp³-hybridized carbons (Fsp3) is 0.435. The molecule has 0 radical (unpaired) electrons. The van der Waals surface area contributed by atoms with Gasteiger partial charge in [-0.2, -0.15) is 0 Å². The van der Waals surface area contributed by atoms with Crippen LogP contribution in [0, 0.1) is 5.92 Å². The number of nitrogens with one attached hydrogen (secondary N) is 1. The van der Waals surface area contributed by atoms with E-state index in [9.17, 15) is 4.79 Å². The zero-order valence-corrected chi connectivity index (χ0v) is 17.4. The van der Waals surface area contributed by atoms with Crippen LogP contribution in [-0.2, 0) is 11.3 Å². The molecule has 28 heavy (non-hydrogen) atoms. The van der Waals surface area contributed by atoms with E-state index in [0.29, 0.717) is 6.61 Å². The van der Waals surface area contributed by atoms with E-state index in [2.05, 4.69) is 34.5 Å². The summed E-state index contributed by atoms with van der Waals surface area (Å²) in [7, 11) is 0. The van der Waals surface area contributed by atoms with E-state index in [0.717, 1.165) is 50.5 Å². The number of piperidine rings is 1. The van der Waals surface area contributed by atoms with Gasteiger partial charge < -0.3 is 10.1 Å². The number of likely N-dealkylation sites (tertiary alicyclic amines) is 1. The fourth-order valence-corrected chi connectivity index (χ4v) is 4.31. The SMILES string of the molecule is CCOc1cccc(CN2CCC(C(=O)NCCSc3ccccc3)CC2)c1. The van der Waals surface area contributed by atoms with Gasteiger partial charge in [0, 0.05) is 29.7 Å². The lowest BCUT2D eigenvalue weighted by molar-refractivity contribution is -0.126. The summed E-state index contributed by atoms with van der Waals surface area (Å²) in [6.45, 7) is 6.27. The van der Waals surface area contributed by atoms with Crippen molar-refractivity contribution in [1.29, 1.82) is 0 Å². The highest BCUT2D eigenvalue weighted by atomic mass is 32.2. The quantitative estimate of drug-likeness (QED) is 0.508. The summed E-state index contributed by atoms with van der Waals surface area (Å²) in [6, 6.07) is 18.6. The highest BCUT2D eigenvalue weighted by Gasteiger charge is 2.24. The Hall–Kier alpha value is -1.98. The molecule has 0 saturated carbocycles. The highest BCUT2D eigenvalue weighted by molar-refractivity contribution is 7.99. The van der Waals surface area contributed by atoms with E-state index in [1.54, 1.807) is 11.8 Å². The Labute approximate surface area is 172 Å². The summed E-state index contributed by atoms with van der Waals surface area (Å²) >= 11 is 1.78. The van der Waals surface area contributed by atoms with E-state index in [4.69, 9.17) is 4.74 Å². The number of ether oxygens (including phenoxy) is 1. The molecule has 1 aliphatic heterocycles. The number of rotatable bonds is 9. The first-order valence-corrected chi connectivity index (χ1v) is 11.1. The number of carbonyl (C=O) groups is 1. The predicted octanol–water partition coefficient (Wildman–Crippen LogP) is 4.21. The maximum absolute atomic E-state index is 12.4. The van der Waals surface area contributed by atoms with Gasteiger partial charge in [-0.15, -0.1) is 11.8 Å². The summed E-state index contributed by atoms with van der Waals surface area (Å²) in [5.41, 5.74) is 1.27. The van der Waals surface area contributed by atoms with Gasteiger partial charge in [-0.05, 0) is 62.7 Å². The van der Waals surface area contributed by atoms with E-state index < -0.39 is 0 Å². The van der Waals surface area contributed by atoms with Crippen LogP contribution in [0.3, 0.4) is 0 Å². The number of hydrogen-bond donors (Lipinski definition) is 1. The average Bonchev–Trinajstić information content (AvgIpc) is 2.73. The van der Waals surface area contributed by atoms with Crippen LogP contribution >= 0.6 is 11.8 Å². The first-order chi connectivity index (χ1) is 13.7. The molecule has 1 fully saturated rings. The molecule has 150 valence electrons.